The van der Waals surface area contributed by atoms with Gasteiger partial charge in [-0.15, -0.1) is 0 Å². The number of rotatable bonds is 6. The van der Waals surface area contributed by atoms with Crippen LogP contribution >= 0.6 is 11.3 Å². The highest BCUT2D eigenvalue weighted by Gasteiger charge is 2.39. The number of hydrogen-bond acceptors (Lipinski definition) is 7. The number of nitrogen functional groups attached to an aromatic ring is 1. The maximum Gasteiger partial charge on any atom is 0.306 e. The minimum Gasteiger partial charge on any atom is -0.310 e. The van der Waals surface area contributed by atoms with Gasteiger partial charge in [-0.05, 0) is 12.8 Å². The second kappa shape index (κ2) is 5.04. The molecule has 1 aliphatic carbocycles. The summed E-state index contributed by atoms with van der Waals surface area (Å²) in [7, 11) is -3.68. The second-order valence-electron chi connectivity index (χ2n) is 4.12. The minimum absolute atomic E-state index is 0.0189. The van der Waals surface area contributed by atoms with Crippen LogP contribution in [0.3, 0.4) is 0 Å². The largest absolute Gasteiger partial charge is 0.310 e. The molecule has 0 unspecified atom stereocenters. The van der Waals surface area contributed by atoms with Gasteiger partial charge in [-0.2, -0.15) is 4.31 Å². The molecule has 10 heteroatoms. The zero-order chi connectivity index (χ0) is 14.2. The van der Waals surface area contributed by atoms with Crippen molar-refractivity contribution in [1.29, 1.82) is 0 Å². The molecule has 0 saturated heterocycles. The van der Waals surface area contributed by atoms with Crippen molar-refractivity contribution in [3.05, 3.63) is 16.2 Å². The van der Waals surface area contributed by atoms with Crippen molar-refractivity contribution in [3.63, 3.8) is 0 Å². The van der Waals surface area contributed by atoms with Crippen LogP contribution in [0, 0.1) is 10.1 Å². The maximum atomic E-state index is 12.4. The Bertz CT molecular complexity index is 593. The number of hydrogen-bond donors (Lipinski definition) is 2. The summed E-state index contributed by atoms with van der Waals surface area (Å²) in [6.07, 6.45) is 1.67. The zero-order valence-electron chi connectivity index (χ0n) is 10.2. The lowest BCUT2D eigenvalue weighted by atomic mass is 10.5. The summed E-state index contributed by atoms with van der Waals surface area (Å²) in [5.41, 5.74) is 1.84. The molecule has 0 atom stereocenters. The lowest BCUT2D eigenvalue weighted by Gasteiger charge is -2.18. The van der Waals surface area contributed by atoms with E-state index in [-0.39, 0.29) is 20.9 Å². The molecule has 0 aromatic carbocycles. The molecular weight excluding hydrogens is 292 g/mol. The fourth-order valence-corrected chi connectivity index (χ4v) is 4.89. The van der Waals surface area contributed by atoms with Crippen molar-refractivity contribution in [1.82, 2.24) is 4.31 Å². The van der Waals surface area contributed by atoms with Gasteiger partial charge >= 0.3 is 5.69 Å². The Kier molecular flexibility index (Phi) is 3.76. The first-order valence-corrected chi connectivity index (χ1v) is 7.94. The van der Waals surface area contributed by atoms with Crippen LogP contribution in [0.2, 0.25) is 0 Å². The number of hydrazine groups is 1. The molecule has 1 aromatic rings. The van der Waals surface area contributed by atoms with E-state index in [0.717, 1.165) is 30.2 Å². The van der Waals surface area contributed by atoms with Gasteiger partial charge in [0.1, 0.15) is 4.21 Å². The summed E-state index contributed by atoms with van der Waals surface area (Å²) in [5, 5.41) is 10.9. The van der Waals surface area contributed by atoms with Crippen LogP contribution in [0.25, 0.3) is 0 Å². The first-order valence-electron chi connectivity index (χ1n) is 5.68. The van der Waals surface area contributed by atoms with Crippen molar-refractivity contribution in [2.45, 2.75) is 30.0 Å². The van der Waals surface area contributed by atoms with Gasteiger partial charge in [0.05, 0.1) is 4.92 Å². The Morgan fingerprint density at radius 2 is 2.26 bits per heavy atom. The van der Waals surface area contributed by atoms with E-state index in [0.29, 0.717) is 6.54 Å². The highest BCUT2D eigenvalue weighted by molar-refractivity contribution is 7.91. The van der Waals surface area contributed by atoms with Gasteiger partial charge in [0.25, 0.3) is 10.0 Å². The van der Waals surface area contributed by atoms with Gasteiger partial charge in [-0.3, -0.25) is 10.1 Å². The monoisotopic (exact) mass is 306 g/mol. The second-order valence-corrected chi connectivity index (χ2v) is 7.29. The highest BCUT2D eigenvalue weighted by Crippen LogP contribution is 2.40. The number of nitrogens with one attached hydrogen (secondary N) is 1. The van der Waals surface area contributed by atoms with E-state index in [9.17, 15) is 18.5 Å². The quantitative estimate of drug-likeness (QED) is 0.462. The molecule has 106 valence electrons. The Morgan fingerprint density at radius 3 is 2.63 bits per heavy atom. The smallest absolute Gasteiger partial charge is 0.306 e. The third-order valence-electron chi connectivity index (χ3n) is 2.85. The molecule has 1 fully saturated rings. The van der Waals surface area contributed by atoms with Gasteiger partial charge in [-0.1, -0.05) is 18.3 Å². The average Bonchev–Trinajstić information content (AvgIpc) is 3.06. The molecule has 0 amide bonds. The number of anilines is 1. The van der Waals surface area contributed by atoms with Gasteiger partial charge in [0.2, 0.25) is 0 Å². The van der Waals surface area contributed by atoms with E-state index >= 15 is 0 Å². The van der Waals surface area contributed by atoms with Crippen LogP contribution in [0.1, 0.15) is 19.8 Å². The Labute approximate surface area is 114 Å². The van der Waals surface area contributed by atoms with Crippen molar-refractivity contribution >= 4 is 32.0 Å². The van der Waals surface area contributed by atoms with Gasteiger partial charge in [0, 0.05) is 18.7 Å². The van der Waals surface area contributed by atoms with E-state index in [1.807, 2.05) is 0 Å². The Hall–Kier alpha value is -1.23. The van der Waals surface area contributed by atoms with E-state index in [4.69, 9.17) is 5.84 Å². The fourth-order valence-electron chi connectivity index (χ4n) is 1.83. The molecule has 1 heterocycles. The fraction of sp³-hybridized carbons (Fsp3) is 0.556. The molecule has 1 saturated carbocycles. The highest BCUT2D eigenvalue weighted by atomic mass is 32.2. The molecule has 0 spiro atoms. The lowest BCUT2D eigenvalue weighted by molar-refractivity contribution is -0.383. The van der Waals surface area contributed by atoms with Gasteiger partial charge < -0.3 is 5.43 Å². The number of nitrogens with zero attached hydrogens (tertiary/aromatic N) is 2. The minimum atomic E-state index is -3.68. The van der Waals surface area contributed by atoms with Gasteiger partial charge in [0.15, 0.2) is 5.00 Å². The zero-order valence-corrected chi connectivity index (χ0v) is 11.8. The van der Waals surface area contributed by atoms with Crippen LogP contribution in [0.5, 0.6) is 0 Å². The van der Waals surface area contributed by atoms with Crippen LogP contribution in [-0.4, -0.2) is 30.2 Å². The van der Waals surface area contributed by atoms with Crippen molar-refractivity contribution in [3.8, 4) is 0 Å². The summed E-state index contributed by atoms with van der Waals surface area (Å²) in [6, 6.07) is 1.07. The number of sulfonamides is 1. The number of nitrogens with two attached hydrogens (primary N) is 1. The summed E-state index contributed by atoms with van der Waals surface area (Å²) in [4.78, 5) is 10.2. The standard InChI is InChI=1S/C9H14N4O4S2/c1-2-12(6-3-4-6)19(16,17)8-5-7(13(14)15)9(11-10)18-8/h5-6,11H,2-4,10H2,1H3. The van der Waals surface area contributed by atoms with Crippen molar-refractivity contribution in [2.75, 3.05) is 12.0 Å². The van der Waals surface area contributed by atoms with Crippen molar-refractivity contribution in [2.24, 2.45) is 5.84 Å². The van der Waals surface area contributed by atoms with Crippen molar-refractivity contribution < 1.29 is 13.3 Å². The van der Waals surface area contributed by atoms with Crippen LogP contribution in [-0.2, 0) is 10.0 Å². The molecule has 1 aromatic heterocycles. The SMILES string of the molecule is CCN(C1CC1)S(=O)(=O)c1cc([N+](=O)[O-])c(NN)s1. The molecule has 2 rings (SSSR count). The number of nitro groups is 1. The lowest BCUT2D eigenvalue weighted by Crippen LogP contribution is -2.32. The van der Waals surface area contributed by atoms with E-state index in [1.54, 1.807) is 6.92 Å². The third-order valence-corrected chi connectivity index (χ3v) is 6.38. The first kappa shape index (κ1) is 14.2. The van der Waals surface area contributed by atoms with Crippen LogP contribution in [0.15, 0.2) is 10.3 Å². The first-order chi connectivity index (χ1) is 8.91. The summed E-state index contributed by atoms with van der Waals surface area (Å²) in [5.74, 6) is 5.17. The molecular formula is C9H14N4O4S2. The summed E-state index contributed by atoms with van der Waals surface area (Å²) < 4.78 is 26.1. The topological polar surface area (TPSA) is 119 Å². The van der Waals surface area contributed by atoms with E-state index in [2.05, 4.69) is 5.43 Å². The third kappa shape index (κ3) is 2.56. The molecule has 19 heavy (non-hydrogen) atoms. The average molecular weight is 306 g/mol. The van der Waals surface area contributed by atoms with E-state index in [1.165, 1.54) is 4.31 Å². The predicted molar refractivity (Wildman–Crippen MR) is 71.4 cm³/mol. The molecule has 3 N–H and O–H groups in total. The summed E-state index contributed by atoms with van der Waals surface area (Å²) in [6.45, 7) is 2.10. The van der Waals surface area contributed by atoms with Gasteiger partial charge in [-0.25, -0.2) is 14.3 Å². The van der Waals surface area contributed by atoms with Crippen LogP contribution in [0.4, 0.5) is 10.7 Å². The molecule has 0 aliphatic heterocycles. The predicted octanol–water partition coefficient (Wildman–Crippen LogP) is 1.11. The normalized spacial score (nSPS) is 15.7. The summed E-state index contributed by atoms with van der Waals surface area (Å²) >= 11 is 0.776. The van der Waals surface area contributed by atoms with E-state index < -0.39 is 14.9 Å². The number of thiophene rings is 1. The molecule has 8 nitrogen and oxygen atoms in total. The Morgan fingerprint density at radius 1 is 1.63 bits per heavy atom. The molecule has 0 bridgehead atoms. The molecule has 0 radical (unpaired) electrons. The Balaban J connectivity index is 2.42. The maximum absolute atomic E-state index is 12.4. The van der Waals surface area contributed by atoms with Crippen LogP contribution < -0.4 is 11.3 Å². The molecule has 1 aliphatic rings.